The number of hydrogen-bond donors (Lipinski definition) is 3. The molecule has 39 heavy (non-hydrogen) atoms. The zero-order chi connectivity index (χ0) is 28.4. The van der Waals surface area contributed by atoms with Crippen LogP contribution in [0.1, 0.15) is 52.9 Å². The van der Waals surface area contributed by atoms with E-state index in [1.807, 2.05) is 6.92 Å². The number of Topliss-reactive ketones (excluding diaryl/α,β-unsaturated/α-hetero) is 1. The van der Waals surface area contributed by atoms with Gasteiger partial charge in [0, 0.05) is 16.7 Å². The number of rotatable bonds is 8. The van der Waals surface area contributed by atoms with E-state index in [0.29, 0.717) is 6.42 Å². The Kier molecular flexibility index (Phi) is 7.15. The van der Waals surface area contributed by atoms with Crippen molar-refractivity contribution in [3.8, 4) is 0 Å². The van der Waals surface area contributed by atoms with E-state index >= 15 is 8.78 Å². The van der Waals surface area contributed by atoms with Gasteiger partial charge in [-0.15, -0.1) is 0 Å². The van der Waals surface area contributed by atoms with Crippen molar-refractivity contribution in [2.75, 3.05) is 19.9 Å². The Morgan fingerprint density at radius 2 is 2.03 bits per heavy atom. The molecule has 4 aliphatic carbocycles. The van der Waals surface area contributed by atoms with Crippen molar-refractivity contribution in [3.05, 3.63) is 23.8 Å². The van der Waals surface area contributed by atoms with E-state index in [1.54, 1.807) is 6.92 Å². The van der Waals surface area contributed by atoms with Crippen LogP contribution >= 0.6 is 0 Å². The Bertz CT molecular complexity index is 1120. The Balaban J connectivity index is 1.51. The van der Waals surface area contributed by atoms with Gasteiger partial charge in [0.15, 0.2) is 29.1 Å². The number of hydrogen-bond acceptors (Lipinski definition) is 8. The number of aliphatic hydroxyl groups excluding tert-OH is 1. The molecule has 4 N–H and O–H groups in total. The Hall–Kier alpha value is -2.05. The number of ether oxygens (including phenoxy) is 3. The normalized spacial score (nSPS) is 46.1. The van der Waals surface area contributed by atoms with Crippen molar-refractivity contribution >= 4 is 17.5 Å². The number of nitrogens with two attached hydrogens (primary N) is 1. The number of carbonyl (C=O) groups is 3. The van der Waals surface area contributed by atoms with Gasteiger partial charge in [-0.05, 0) is 56.3 Å². The SMILES string of the molecule is CCCC1O[C@@H]2CC3C4C[C@H](F)C5=CC(=O)C=C[C@]5(C)[C@@]4(F)[C@@H](O)C[C@]3(C)[C@]2(C(=O)COCNC(=O)CN)O1. The van der Waals surface area contributed by atoms with Gasteiger partial charge < -0.3 is 30.4 Å². The third kappa shape index (κ3) is 3.83. The van der Waals surface area contributed by atoms with Gasteiger partial charge in [0.1, 0.15) is 19.5 Å². The molecule has 4 fully saturated rings. The number of fused-ring (bicyclic) bond motifs is 7. The summed E-state index contributed by atoms with van der Waals surface area (Å²) in [5, 5.41) is 14.0. The van der Waals surface area contributed by atoms with Crippen LogP contribution in [-0.4, -0.2) is 78.4 Å². The number of nitrogens with one attached hydrogen (secondary N) is 1. The smallest absolute Gasteiger partial charge is 0.235 e. The minimum Gasteiger partial charge on any atom is -0.390 e. The van der Waals surface area contributed by atoms with Gasteiger partial charge in [0.05, 0.1) is 18.8 Å². The molecule has 0 radical (unpaired) electrons. The van der Waals surface area contributed by atoms with Crippen LogP contribution in [0.25, 0.3) is 0 Å². The van der Waals surface area contributed by atoms with Crippen LogP contribution in [0, 0.1) is 22.7 Å². The largest absolute Gasteiger partial charge is 0.390 e. The van der Waals surface area contributed by atoms with Crippen LogP contribution < -0.4 is 11.1 Å². The average Bonchev–Trinajstić information content (AvgIpc) is 3.37. The number of halogens is 2. The summed E-state index contributed by atoms with van der Waals surface area (Å²) in [6.45, 7) is 4.43. The van der Waals surface area contributed by atoms with Crippen molar-refractivity contribution < 1.29 is 42.5 Å². The molecular formula is C28H38F2N2O7. The number of aliphatic hydroxyl groups is 1. The lowest BCUT2D eigenvalue weighted by atomic mass is 9.44. The third-order valence-corrected chi connectivity index (χ3v) is 10.2. The van der Waals surface area contributed by atoms with Gasteiger partial charge in [-0.1, -0.05) is 26.3 Å². The van der Waals surface area contributed by atoms with E-state index in [1.165, 1.54) is 19.1 Å². The van der Waals surface area contributed by atoms with Crippen LogP contribution in [-0.2, 0) is 28.6 Å². The molecule has 5 rings (SSSR count). The Labute approximate surface area is 226 Å². The zero-order valence-corrected chi connectivity index (χ0v) is 22.6. The molecule has 0 bridgehead atoms. The number of amides is 1. The second kappa shape index (κ2) is 9.80. The summed E-state index contributed by atoms with van der Waals surface area (Å²) in [7, 11) is 0. The molecular weight excluding hydrogens is 514 g/mol. The summed E-state index contributed by atoms with van der Waals surface area (Å²) < 4.78 is 51.2. The minimum atomic E-state index is -2.27. The first kappa shape index (κ1) is 28.5. The molecule has 1 aliphatic heterocycles. The predicted molar refractivity (Wildman–Crippen MR) is 134 cm³/mol. The molecule has 0 aromatic rings. The van der Waals surface area contributed by atoms with Crippen LogP contribution in [0.2, 0.25) is 0 Å². The topological polar surface area (TPSA) is 137 Å². The lowest BCUT2D eigenvalue weighted by molar-refractivity contribution is -0.235. The predicted octanol–water partition coefficient (Wildman–Crippen LogP) is 1.81. The molecule has 216 valence electrons. The second-order valence-electron chi connectivity index (χ2n) is 12.0. The Morgan fingerprint density at radius 3 is 2.72 bits per heavy atom. The maximum Gasteiger partial charge on any atom is 0.235 e. The number of carbonyl (C=O) groups excluding carboxylic acids is 3. The van der Waals surface area contributed by atoms with Gasteiger partial charge >= 0.3 is 0 Å². The molecule has 11 heteroatoms. The van der Waals surface area contributed by atoms with Crippen LogP contribution in [0.4, 0.5) is 8.78 Å². The first-order valence-corrected chi connectivity index (χ1v) is 13.8. The molecule has 0 spiro atoms. The molecule has 1 saturated heterocycles. The fraction of sp³-hybridized carbons (Fsp3) is 0.750. The summed E-state index contributed by atoms with van der Waals surface area (Å²) in [6.07, 6.45) is 0.408. The molecule has 0 aromatic carbocycles. The van der Waals surface area contributed by atoms with Crippen molar-refractivity contribution in [1.29, 1.82) is 0 Å². The highest BCUT2D eigenvalue weighted by Crippen LogP contribution is 2.72. The lowest BCUT2D eigenvalue weighted by Gasteiger charge is -2.63. The van der Waals surface area contributed by atoms with E-state index in [0.717, 1.165) is 12.5 Å². The van der Waals surface area contributed by atoms with Gasteiger partial charge in [-0.25, -0.2) is 8.78 Å². The lowest BCUT2D eigenvalue weighted by Crippen LogP contribution is -2.71. The molecule has 3 saturated carbocycles. The number of ketones is 2. The summed E-state index contributed by atoms with van der Waals surface area (Å²) >= 11 is 0. The molecule has 9 nitrogen and oxygen atoms in total. The Morgan fingerprint density at radius 1 is 1.28 bits per heavy atom. The van der Waals surface area contributed by atoms with Gasteiger partial charge in [0.2, 0.25) is 5.91 Å². The van der Waals surface area contributed by atoms with Gasteiger partial charge in [-0.2, -0.15) is 0 Å². The van der Waals surface area contributed by atoms with Gasteiger partial charge in [0.25, 0.3) is 0 Å². The highest BCUT2D eigenvalue weighted by Gasteiger charge is 2.79. The van der Waals surface area contributed by atoms with Crippen LogP contribution in [0.15, 0.2) is 23.8 Å². The summed E-state index contributed by atoms with van der Waals surface area (Å²) in [4.78, 5) is 37.4. The first-order chi connectivity index (χ1) is 18.4. The zero-order valence-electron chi connectivity index (χ0n) is 22.6. The van der Waals surface area contributed by atoms with Crippen molar-refractivity contribution in [2.24, 2.45) is 28.4 Å². The van der Waals surface area contributed by atoms with Crippen molar-refractivity contribution in [3.63, 3.8) is 0 Å². The van der Waals surface area contributed by atoms with Crippen LogP contribution in [0.5, 0.6) is 0 Å². The van der Waals surface area contributed by atoms with E-state index in [9.17, 15) is 19.5 Å². The fourth-order valence-corrected chi connectivity index (χ4v) is 8.34. The summed E-state index contributed by atoms with van der Waals surface area (Å²) in [6, 6.07) is 0. The van der Waals surface area contributed by atoms with E-state index in [-0.39, 0.29) is 38.1 Å². The second-order valence-corrected chi connectivity index (χ2v) is 12.0. The maximum atomic E-state index is 17.4. The van der Waals surface area contributed by atoms with Crippen molar-refractivity contribution in [1.82, 2.24) is 5.32 Å². The number of alkyl halides is 2. The maximum absolute atomic E-state index is 17.4. The minimum absolute atomic E-state index is 0.0452. The highest BCUT2D eigenvalue weighted by atomic mass is 19.1. The average molecular weight is 553 g/mol. The third-order valence-electron chi connectivity index (χ3n) is 10.2. The van der Waals surface area contributed by atoms with E-state index < -0.39 is 82.7 Å². The molecule has 5 aliphatic rings. The summed E-state index contributed by atoms with van der Waals surface area (Å²) in [5.74, 6) is -2.80. The van der Waals surface area contributed by atoms with Crippen molar-refractivity contribution in [2.45, 2.75) is 88.8 Å². The molecule has 0 aromatic heterocycles. The standard InChI is InChI=1S/C28H38F2N2O7/c1-4-5-24-38-22-10-16-17-9-19(29)18-8-15(33)6-7-25(18,2)27(17,30)20(34)11-26(16,3)28(22,39-24)21(35)13-37-14-32-23(36)12-31/h6-8,16-17,19-20,22,24,34H,4-5,9-14,31H2,1-3H3,(H,32,36)/t16?,17?,19-,20-,22+,24?,25-,26-,27-,28+/m0/s1. The van der Waals surface area contributed by atoms with E-state index in [4.69, 9.17) is 19.9 Å². The number of allylic oxidation sites excluding steroid dienone is 4. The van der Waals surface area contributed by atoms with E-state index in [2.05, 4.69) is 5.32 Å². The first-order valence-electron chi connectivity index (χ1n) is 13.8. The molecule has 1 heterocycles. The molecule has 1 amide bonds. The molecule has 10 atom stereocenters. The summed E-state index contributed by atoms with van der Waals surface area (Å²) in [5.41, 5.74) is -1.09. The quantitative estimate of drug-likeness (QED) is 0.306. The monoisotopic (exact) mass is 552 g/mol. The fourth-order valence-electron chi connectivity index (χ4n) is 8.34. The van der Waals surface area contributed by atoms with Crippen LogP contribution in [0.3, 0.4) is 0 Å². The highest BCUT2D eigenvalue weighted by molar-refractivity contribution is 6.01. The van der Waals surface area contributed by atoms with Gasteiger partial charge in [-0.3, -0.25) is 14.4 Å². The molecule has 3 unspecified atom stereocenters.